The van der Waals surface area contributed by atoms with Crippen LogP contribution in [-0.4, -0.2) is 53.4 Å². The minimum atomic E-state index is -0.517. The highest BCUT2D eigenvalue weighted by atomic mass is 32.2. The number of carbonyl (C=O) groups is 2. The predicted molar refractivity (Wildman–Crippen MR) is 90.6 cm³/mol. The first kappa shape index (κ1) is 16.5. The topological polar surface area (TPSA) is 94.8 Å². The van der Waals surface area contributed by atoms with Crippen LogP contribution in [0, 0.1) is 11.3 Å². The van der Waals surface area contributed by atoms with Gasteiger partial charge < -0.3 is 15.0 Å². The molecule has 0 saturated carbocycles. The first-order valence-corrected chi connectivity index (χ1v) is 8.46. The molecule has 1 saturated heterocycles. The molecule has 0 spiro atoms. The van der Waals surface area contributed by atoms with Gasteiger partial charge in [-0.2, -0.15) is 10.3 Å². The molecule has 0 aliphatic carbocycles. The van der Waals surface area contributed by atoms with E-state index in [0.717, 1.165) is 0 Å². The molecular weight excluding hydrogens is 328 g/mol. The summed E-state index contributed by atoms with van der Waals surface area (Å²) in [6, 6.07) is 8.79. The van der Waals surface area contributed by atoms with Gasteiger partial charge in [-0.3, -0.25) is 9.59 Å². The number of morpholine rings is 1. The summed E-state index contributed by atoms with van der Waals surface area (Å²) in [5.74, 6) is -0.591. The van der Waals surface area contributed by atoms with Crippen LogP contribution in [0.2, 0.25) is 0 Å². The number of hydrogen-bond donors (Lipinski definition) is 1. The fourth-order valence-electron chi connectivity index (χ4n) is 2.46. The number of carbonyl (C=O) groups excluding carboxylic acids is 2. The van der Waals surface area contributed by atoms with E-state index in [1.54, 1.807) is 24.3 Å². The Balaban J connectivity index is 1.58. The summed E-state index contributed by atoms with van der Waals surface area (Å²) < 4.78 is 5.28. The molecule has 1 atom stereocenters. The van der Waals surface area contributed by atoms with E-state index in [1.807, 2.05) is 11.0 Å². The lowest BCUT2D eigenvalue weighted by Crippen LogP contribution is -2.39. The van der Waals surface area contributed by atoms with E-state index in [2.05, 4.69) is 10.3 Å². The van der Waals surface area contributed by atoms with Crippen LogP contribution in [0.4, 0.5) is 5.69 Å². The summed E-state index contributed by atoms with van der Waals surface area (Å²) in [5.41, 5.74) is 0.844. The molecule has 1 N–H and O–H groups in total. The molecule has 2 aliphatic rings. The number of amides is 2. The van der Waals surface area contributed by atoms with Gasteiger partial charge in [0.1, 0.15) is 11.3 Å². The number of nitrogens with one attached hydrogen (secondary N) is 1. The van der Waals surface area contributed by atoms with Crippen LogP contribution in [0.3, 0.4) is 0 Å². The summed E-state index contributed by atoms with van der Waals surface area (Å²) in [4.78, 5) is 30.3. The number of rotatable bonds is 3. The maximum atomic E-state index is 12.2. The number of para-hydroxylation sites is 1. The highest BCUT2D eigenvalue weighted by molar-refractivity contribution is 8.15. The Morgan fingerprint density at radius 3 is 2.92 bits per heavy atom. The average molecular weight is 344 g/mol. The van der Waals surface area contributed by atoms with Crippen LogP contribution in [0.5, 0.6) is 0 Å². The van der Waals surface area contributed by atoms with Gasteiger partial charge in [-0.05, 0) is 12.1 Å². The highest BCUT2D eigenvalue weighted by Gasteiger charge is 2.33. The van der Waals surface area contributed by atoms with Crippen LogP contribution >= 0.6 is 11.8 Å². The Morgan fingerprint density at radius 2 is 2.17 bits per heavy atom. The molecule has 0 aromatic heterocycles. The van der Waals surface area contributed by atoms with Gasteiger partial charge in [-0.1, -0.05) is 23.9 Å². The quantitative estimate of drug-likeness (QED) is 0.886. The third kappa shape index (κ3) is 3.75. The minimum absolute atomic E-state index is 0.0284. The fraction of sp³-hybridized carbons (Fsp3) is 0.375. The van der Waals surface area contributed by atoms with E-state index in [9.17, 15) is 9.59 Å². The summed E-state index contributed by atoms with van der Waals surface area (Å²) in [6.07, 6.45) is 0.0284. The van der Waals surface area contributed by atoms with E-state index in [4.69, 9.17) is 10.00 Å². The maximum absolute atomic E-state index is 12.2. The third-order valence-electron chi connectivity index (χ3n) is 3.70. The molecule has 2 aliphatic heterocycles. The molecule has 0 unspecified atom stereocenters. The second-order valence-corrected chi connectivity index (χ2v) is 6.52. The molecule has 3 rings (SSSR count). The molecule has 1 aromatic carbocycles. The number of ether oxygens (including phenoxy) is 1. The standard InChI is InChI=1S/C16H16N4O3S/c17-10-11-3-1-2-4-12(11)18-14(21)9-13-15(22)19-16(24-13)20-5-7-23-8-6-20/h1-4,13H,5-9H2,(H,18,21)/t13-/m1/s1. The highest BCUT2D eigenvalue weighted by Crippen LogP contribution is 2.28. The Bertz CT molecular complexity index is 722. The molecule has 0 bridgehead atoms. The Morgan fingerprint density at radius 1 is 1.42 bits per heavy atom. The van der Waals surface area contributed by atoms with Crippen molar-refractivity contribution in [3.8, 4) is 6.07 Å². The summed E-state index contributed by atoms with van der Waals surface area (Å²) in [5, 5.41) is 11.9. The molecule has 24 heavy (non-hydrogen) atoms. The van der Waals surface area contributed by atoms with Crippen molar-refractivity contribution in [1.29, 1.82) is 5.26 Å². The van der Waals surface area contributed by atoms with Gasteiger partial charge in [-0.15, -0.1) is 0 Å². The first-order valence-electron chi connectivity index (χ1n) is 7.58. The molecule has 1 fully saturated rings. The van der Waals surface area contributed by atoms with Crippen molar-refractivity contribution >= 4 is 34.4 Å². The van der Waals surface area contributed by atoms with Gasteiger partial charge >= 0.3 is 0 Å². The van der Waals surface area contributed by atoms with Crippen molar-refractivity contribution in [3.05, 3.63) is 29.8 Å². The molecule has 0 radical (unpaired) electrons. The van der Waals surface area contributed by atoms with Crippen molar-refractivity contribution < 1.29 is 14.3 Å². The van der Waals surface area contributed by atoms with Gasteiger partial charge in [0.25, 0.3) is 5.91 Å². The lowest BCUT2D eigenvalue weighted by atomic mass is 10.2. The largest absolute Gasteiger partial charge is 0.378 e. The molecular formula is C16H16N4O3S. The molecule has 8 heteroatoms. The Kier molecular flexibility index (Phi) is 5.13. The van der Waals surface area contributed by atoms with E-state index in [0.29, 0.717) is 42.7 Å². The first-order chi connectivity index (χ1) is 11.7. The fourth-order valence-corrected chi connectivity index (χ4v) is 3.58. The summed E-state index contributed by atoms with van der Waals surface area (Å²) in [7, 11) is 0. The number of aliphatic imine (C=N–C) groups is 1. The molecule has 124 valence electrons. The number of nitriles is 1. The van der Waals surface area contributed by atoms with Crippen LogP contribution in [0.1, 0.15) is 12.0 Å². The number of amidine groups is 1. The third-order valence-corrected chi connectivity index (χ3v) is 4.92. The number of benzene rings is 1. The predicted octanol–water partition coefficient (Wildman–Crippen LogP) is 1.22. The van der Waals surface area contributed by atoms with Gasteiger partial charge in [0.2, 0.25) is 5.91 Å². The molecule has 1 aromatic rings. The zero-order valence-electron chi connectivity index (χ0n) is 12.9. The van der Waals surface area contributed by atoms with Crippen molar-refractivity contribution in [2.24, 2.45) is 4.99 Å². The van der Waals surface area contributed by atoms with Gasteiger partial charge in [0.05, 0.1) is 24.5 Å². The van der Waals surface area contributed by atoms with Crippen molar-refractivity contribution in [1.82, 2.24) is 4.90 Å². The van der Waals surface area contributed by atoms with E-state index >= 15 is 0 Å². The van der Waals surface area contributed by atoms with Crippen LogP contribution in [-0.2, 0) is 14.3 Å². The molecule has 7 nitrogen and oxygen atoms in total. The van der Waals surface area contributed by atoms with Crippen LogP contribution in [0.15, 0.2) is 29.3 Å². The van der Waals surface area contributed by atoms with E-state index in [1.165, 1.54) is 11.8 Å². The number of nitrogens with zero attached hydrogens (tertiary/aromatic N) is 3. The monoisotopic (exact) mass is 344 g/mol. The van der Waals surface area contributed by atoms with Crippen molar-refractivity contribution in [2.75, 3.05) is 31.6 Å². The zero-order valence-corrected chi connectivity index (χ0v) is 13.7. The smallest absolute Gasteiger partial charge is 0.262 e. The average Bonchev–Trinajstić information content (AvgIpc) is 2.97. The zero-order chi connectivity index (χ0) is 16.9. The van der Waals surface area contributed by atoms with Crippen molar-refractivity contribution in [3.63, 3.8) is 0 Å². The lowest BCUT2D eigenvalue weighted by Gasteiger charge is -2.27. The Labute approximate surface area is 143 Å². The van der Waals surface area contributed by atoms with Crippen molar-refractivity contribution in [2.45, 2.75) is 11.7 Å². The lowest BCUT2D eigenvalue weighted by molar-refractivity contribution is -0.121. The Hall–Kier alpha value is -2.37. The number of anilines is 1. The second-order valence-electron chi connectivity index (χ2n) is 5.35. The van der Waals surface area contributed by atoms with Crippen LogP contribution < -0.4 is 5.32 Å². The molecule has 2 heterocycles. The van der Waals surface area contributed by atoms with Gasteiger partial charge in [0, 0.05) is 19.5 Å². The normalized spacial score (nSPS) is 20.5. The summed E-state index contributed by atoms with van der Waals surface area (Å²) in [6.45, 7) is 2.63. The maximum Gasteiger partial charge on any atom is 0.262 e. The van der Waals surface area contributed by atoms with E-state index < -0.39 is 5.25 Å². The van der Waals surface area contributed by atoms with Gasteiger partial charge in [-0.25, -0.2) is 0 Å². The molecule has 2 amide bonds. The second kappa shape index (κ2) is 7.47. The minimum Gasteiger partial charge on any atom is -0.378 e. The summed E-state index contributed by atoms with van der Waals surface area (Å²) >= 11 is 1.32. The van der Waals surface area contributed by atoms with Crippen LogP contribution in [0.25, 0.3) is 0 Å². The van der Waals surface area contributed by atoms with Gasteiger partial charge in [0.15, 0.2) is 5.17 Å². The number of thioether (sulfide) groups is 1. The SMILES string of the molecule is N#Cc1ccccc1NC(=O)C[C@H]1SC(N2CCOCC2)=NC1=O. The number of hydrogen-bond acceptors (Lipinski definition) is 6. The van der Waals surface area contributed by atoms with E-state index in [-0.39, 0.29) is 18.2 Å².